The van der Waals surface area contributed by atoms with E-state index in [0.29, 0.717) is 0 Å². The molecule has 4 nitrogen and oxygen atoms in total. The second kappa shape index (κ2) is 6.10. The maximum atomic E-state index is 11.3. The standard InChI is InChI=1S/C15H11BrN2O2SSe/c16-12-5-1-10(2-6-12)14-9-18-15(22-14)11-3-7-13(8-4-11)21(17,19)20/h1-9H,(H2,17,19,20). The number of rotatable bonds is 3. The zero-order chi connectivity index (χ0) is 15.7. The van der Waals surface area contributed by atoms with Crippen LogP contribution < -0.4 is 5.14 Å². The van der Waals surface area contributed by atoms with Crippen molar-refractivity contribution in [1.29, 1.82) is 0 Å². The normalized spacial score (nSPS) is 11.5. The third-order valence-electron chi connectivity index (χ3n) is 3.06. The van der Waals surface area contributed by atoms with Crippen molar-refractivity contribution in [2.45, 2.75) is 4.90 Å². The van der Waals surface area contributed by atoms with E-state index in [1.165, 1.54) is 16.6 Å². The quantitative estimate of drug-likeness (QED) is 0.635. The zero-order valence-electron chi connectivity index (χ0n) is 11.2. The van der Waals surface area contributed by atoms with Gasteiger partial charge in [0.2, 0.25) is 0 Å². The van der Waals surface area contributed by atoms with Gasteiger partial charge in [-0.3, -0.25) is 0 Å². The summed E-state index contributed by atoms with van der Waals surface area (Å²) >= 11 is 3.52. The van der Waals surface area contributed by atoms with Crippen LogP contribution in [0.1, 0.15) is 0 Å². The van der Waals surface area contributed by atoms with E-state index in [1.54, 1.807) is 12.1 Å². The van der Waals surface area contributed by atoms with Crippen molar-refractivity contribution in [2.75, 3.05) is 0 Å². The Labute approximate surface area is 142 Å². The van der Waals surface area contributed by atoms with Crippen molar-refractivity contribution in [3.63, 3.8) is 0 Å². The third-order valence-corrected chi connectivity index (χ3v) is 6.82. The summed E-state index contributed by atoms with van der Waals surface area (Å²) in [6.45, 7) is 0. The van der Waals surface area contributed by atoms with Crippen LogP contribution in [0.4, 0.5) is 0 Å². The van der Waals surface area contributed by atoms with Gasteiger partial charge in [-0.1, -0.05) is 0 Å². The molecule has 7 heteroatoms. The number of benzene rings is 2. The Morgan fingerprint density at radius 2 is 1.55 bits per heavy atom. The Kier molecular flexibility index (Phi) is 4.34. The van der Waals surface area contributed by atoms with Gasteiger partial charge < -0.3 is 0 Å². The van der Waals surface area contributed by atoms with Crippen LogP contribution in [0, 0.1) is 0 Å². The van der Waals surface area contributed by atoms with E-state index in [0.717, 1.165) is 20.2 Å². The van der Waals surface area contributed by atoms with E-state index < -0.39 is 10.0 Å². The second-order valence-corrected chi connectivity index (χ2v) is 9.25. The molecule has 0 aliphatic rings. The first-order valence-corrected chi connectivity index (χ1v) is 10.3. The van der Waals surface area contributed by atoms with Gasteiger partial charge in [0.05, 0.1) is 0 Å². The minimum atomic E-state index is -3.65. The van der Waals surface area contributed by atoms with E-state index >= 15 is 0 Å². The maximum absolute atomic E-state index is 11.3. The molecule has 0 bridgehead atoms. The van der Waals surface area contributed by atoms with Gasteiger partial charge in [0.25, 0.3) is 0 Å². The molecule has 3 aromatic rings. The summed E-state index contributed by atoms with van der Waals surface area (Å²) in [4.78, 5) is 4.58. The predicted molar refractivity (Wildman–Crippen MR) is 91.1 cm³/mol. The van der Waals surface area contributed by atoms with Crippen molar-refractivity contribution in [1.82, 2.24) is 4.98 Å². The summed E-state index contributed by atoms with van der Waals surface area (Å²) < 4.78 is 25.8. The molecule has 0 aliphatic heterocycles. The van der Waals surface area contributed by atoms with E-state index in [4.69, 9.17) is 5.14 Å². The van der Waals surface area contributed by atoms with Gasteiger partial charge in [0.15, 0.2) is 0 Å². The van der Waals surface area contributed by atoms with Crippen LogP contribution >= 0.6 is 15.9 Å². The van der Waals surface area contributed by atoms with Gasteiger partial charge in [0.1, 0.15) is 0 Å². The summed E-state index contributed by atoms with van der Waals surface area (Å²) in [6, 6.07) is 14.6. The van der Waals surface area contributed by atoms with Gasteiger partial charge in [-0.05, 0) is 0 Å². The first kappa shape index (κ1) is 15.6. The summed E-state index contributed by atoms with van der Waals surface area (Å²) in [7, 11) is -3.65. The molecule has 0 atom stereocenters. The molecule has 1 aromatic heterocycles. The van der Waals surface area contributed by atoms with Gasteiger partial charge in [-0.15, -0.1) is 0 Å². The van der Waals surface area contributed by atoms with Crippen LogP contribution in [-0.2, 0) is 10.0 Å². The number of nitrogens with two attached hydrogens (primary N) is 1. The van der Waals surface area contributed by atoms with Crippen molar-refractivity contribution in [2.24, 2.45) is 5.14 Å². The Hall–Kier alpha value is -1.24. The van der Waals surface area contributed by atoms with Gasteiger partial charge in [0, 0.05) is 0 Å². The Morgan fingerprint density at radius 3 is 2.14 bits per heavy atom. The fraction of sp³-hybridized carbons (Fsp3) is 0. The van der Waals surface area contributed by atoms with Crippen molar-refractivity contribution in [3.8, 4) is 20.1 Å². The summed E-state index contributed by atoms with van der Waals surface area (Å²) in [5.74, 6) is 0. The van der Waals surface area contributed by atoms with Crippen LogP contribution in [0.3, 0.4) is 0 Å². The van der Waals surface area contributed by atoms with Crippen molar-refractivity contribution < 1.29 is 8.42 Å². The predicted octanol–water partition coefficient (Wildman–Crippen LogP) is 2.88. The van der Waals surface area contributed by atoms with E-state index in [9.17, 15) is 8.42 Å². The fourth-order valence-electron chi connectivity index (χ4n) is 1.94. The number of hydrogen-bond donors (Lipinski definition) is 1. The Morgan fingerprint density at radius 1 is 0.955 bits per heavy atom. The van der Waals surface area contributed by atoms with E-state index in [1.807, 2.05) is 18.3 Å². The number of halogens is 1. The Bertz CT molecular complexity index is 903. The number of aromatic nitrogens is 1. The first-order valence-electron chi connectivity index (χ1n) is 6.28. The molecule has 0 saturated heterocycles. The van der Waals surface area contributed by atoms with Gasteiger partial charge in [-0.25, -0.2) is 0 Å². The molecule has 2 aromatic carbocycles. The molecule has 0 spiro atoms. The van der Waals surface area contributed by atoms with Crippen LogP contribution in [0.25, 0.3) is 20.1 Å². The molecule has 0 radical (unpaired) electrons. The summed E-state index contributed by atoms with van der Waals surface area (Å²) in [6.07, 6.45) is 1.88. The first-order chi connectivity index (χ1) is 10.4. The van der Waals surface area contributed by atoms with Crippen molar-refractivity contribution >= 4 is 40.5 Å². The topological polar surface area (TPSA) is 73.1 Å². The number of primary sulfonamides is 1. The Balaban J connectivity index is 1.92. The van der Waals surface area contributed by atoms with E-state index in [2.05, 4.69) is 33.0 Å². The molecular formula is C15H11BrN2O2SSe. The molecule has 2 N–H and O–H groups in total. The number of sulfonamides is 1. The van der Waals surface area contributed by atoms with E-state index in [-0.39, 0.29) is 19.4 Å². The molecular weight excluding hydrogens is 431 g/mol. The summed E-state index contributed by atoms with van der Waals surface area (Å²) in [5.41, 5.74) is 2.08. The van der Waals surface area contributed by atoms with Crippen molar-refractivity contribution in [3.05, 3.63) is 59.2 Å². The molecule has 0 amide bonds. The number of nitrogens with zero attached hydrogens (tertiary/aromatic N) is 1. The number of hydrogen-bond acceptors (Lipinski definition) is 3. The third kappa shape index (κ3) is 3.39. The monoisotopic (exact) mass is 442 g/mol. The van der Waals surface area contributed by atoms with Gasteiger partial charge >= 0.3 is 143 Å². The average molecular weight is 442 g/mol. The molecule has 0 aliphatic carbocycles. The van der Waals surface area contributed by atoms with Crippen LogP contribution in [0.15, 0.2) is 64.1 Å². The average Bonchev–Trinajstić information content (AvgIpc) is 2.97. The van der Waals surface area contributed by atoms with Crippen LogP contribution in [0.5, 0.6) is 0 Å². The second-order valence-electron chi connectivity index (χ2n) is 4.61. The van der Waals surface area contributed by atoms with Gasteiger partial charge in [-0.2, -0.15) is 0 Å². The molecule has 112 valence electrons. The minimum absolute atomic E-state index is 0.0942. The fourth-order valence-corrected chi connectivity index (χ4v) is 4.67. The van der Waals surface area contributed by atoms with Crippen LogP contribution in [-0.4, -0.2) is 27.9 Å². The molecule has 1 heterocycles. The molecule has 0 saturated carbocycles. The zero-order valence-corrected chi connectivity index (χ0v) is 15.3. The molecule has 0 unspecified atom stereocenters. The molecule has 3 rings (SSSR count). The molecule has 22 heavy (non-hydrogen) atoms. The SMILES string of the molecule is NS(=O)(=O)c1ccc(-c2ncc(-c3ccc(Br)cc3)[se]2)cc1. The van der Waals surface area contributed by atoms with Crippen LogP contribution in [0.2, 0.25) is 0 Å². The molecule has 0 fully saturated rings. The summed E-state index contributed by atoms with van der Waals surface area (Å²) in [5, 5.41) is 5.10.